The smallest absolute Gasteiger partial charge is 0.223 e. The number of carbonyl (C=O) groups is 1. The Labute approximate surface area is 134 Å². The Hall–Kier alpha value is -2.15. The van der Waals surface area contributed by atoms with Crippen molar-refractivity contribution in [1.29, 1.82) is 0 Å². The molecule has 0 radical (unpaired) electrons. The van der Waals surface area contributed by atoms with Crippen LogP contribution in [0.5, 0.6) is 0 Å². The third-order valence-corrected chi connectivity index (χ3v) is 5.00. The fourth-order valence-electron chi connectivity index (χ4n) is 3.98. The third-order valence-electron chi connectivity index (χ3n) is 5.00. The lowest BCUT2D eigenvalue weighted by Gasteiger charge is -2.41. The molecule has 2 saturated heterocycles. The molecule has 2 aromatic heterocycles. The van der Waals surface area contributed by atoms with E-state index in [4.69, 9.17) is 5.73 Å². The van der Waals surface area contributed by atoms with Gasteiger partial charge in [-0.25, -0.2) is 9.97 Å². The van der Waals surface area contributed by atoms with Gasteiger partial charge >= 0.3 is 0 Å². The Morgan fingerprint density at radius 2 is 2.09 bits per heavy atom. The molecule has 0 aromatic carbocycles. The van der Waals surface area contributed by atoms with Gasteiger partial charge in [-0.3, -0.25) is 4.79 Å². The van der Waals surface area contributed by atoms with E-state index < -0.39 is 0 Å². The first-order chi connectivity index (χ1) is 11.3. The van der Waals surface area contributed by atoms with Gasteiger partial charge in [0.2, 0.25) is 5.91 Å². The van der Waals surface area contributed by atoms with E-state index in [1.54, 1.807) is 6.33 Å². The molecule has 4 heterocycles. The molecule has 2 fully saturated rings. The van der Waals surface area contributed by atoms with E-state index in [-0.39, 0.29) is 5.91 Å². The number of hydrogen-bond acceptors (Lipinski definition) is 5. The van der Waals surface area contributed by atoms with Gasteiger partial charge in [-0.05, 0) is 31.9 Å². The van der Waals surface area contributed by atoms with Crippen LogP contribution in [-0.2, 0) is 4.79 Å². The lowest BCUT2D eigenvalue weighted by molar-refractivity contribution is -0.134. The Kier molecular flexibility index (Phi) is 3.65. The van der Waals surface area contributed by atoms with E-state index in [1.807, 2.05) is 12.3 Å². The van der Waals surface area contributed by atoms with Gasteiger partial charge in [0.05, 0.1) is 5.39 Å². The van der Waals surface area contributed by atoms with Gasteiger partial charge in [-0.1, -0.05) is 0 Å². The SMILES string of the molecule is NCCCC(=O)N1C2CC[C@@H]1CN(c1ncnc3[nH]ccc13)C2. The molecule has 1 amide bonds. The minimum atomic E-state index is 0.261. The van der Waals surface area contributed by atoms with Crippen LogP contribution in [0.25, 0.3) is 11.0 Å². The molecule has 7 heteroatoms. The van der Waals surface area contributed by atoms with Crippen LogP contribution >= 0.6 is 0 Å². The molecule has 2 atom stereocenters. The first-order valence-electron chi connectivity index (χ1n) is 8.32. The van der Waals surface area contributed by atoms with Crippen LogP contribution in [0.1, 0.15) is 25.7 Å². The van der Waals surface area contributed by atoms with Crippen molar-refractivity contribution in [2.24, 2.45) is 5.73 Å². The van der Waals surface area contributed by atoms with E-state index in [0.29, 0.717) is 25.0 Å². The molecule has 23 heavy (non-hydrogen) atoms. The highest BCUT2D eigenvalue weighted by molar-refractivity contribution is 5.87. The minimum Gasteiger partial charge on any atom is -0.352 e. The lowest BCUT2D eigenvalue weighted by atomic mass is 10.1. The Morgan fingerprint density at radius 3 is 2.83 bits per heavy atom. The summed E-state index contributed by atoms with van der Waals surface area (Å²) in [7, 11) is 0. The highest BCUT2D eigenvalue weighted by Crippen LogP contribution is 2.34. The second-order valence-electron chi connectivity index (χ2n) is 6.42. The van der Waals surface area contributed by atoms with Crippen molar-refractivity contribution in [3.8, 4) is 0 Å². The van der Waals surface area contributed by atoms with E-state index in [0.717, 1.165) is 49.2 Å². The summed E-state index contributed by atoms with van der Waals surface area (Å²) >= 11 is 0. The average Bonchev–Trinajstić information content (AvgIpc) is 3.14. The molecule has 2 aromatic rings. The second-order valence-corrected chi connectivity index (χ2v) is 6.42. The van der Waals surface area contributed by atoms with Crippen molar-refractivity contribution in [2.45, 2.75) is 37.8 Å². The fourth-order valence-corrected chi connectivity index (χ4v) is 3.98. The highest BCUT2D eigenvalue weighted by Gasteiger charge is 2.42. The predicted molar refractivity (Wildman–Crippen MR) is 88.0 cm³/mol. The van der Waals surface area contributed by atoms with Crippen LogP contribution in [0.3, 0.4) is 0 Å². The number of anilines is 1. The number of nitrogens with two attached hydrogens (primary N) is 1. The van der Waals surface area contributed by atoms with Gasteiger partial charge in [0.25, 0.3) is 0 Å². The van der Waals surface area contributed by atoms with Crippen molar-refractivity contribution in [2.75, 3.05) is 24.5 Å². The number of nitrogens with one attached hydrogen (secondary N) is 1. The van der Waals surface area contributed by atoms with Crippen LogP contribution in [0.2, 0.25) is 0 Å². The molecule has 0 aliphatic carbocycles. The van der Waals surface area contributed by atoms with Gasteiger partial charge in [0, 0.05) is 37.8 Å². The number of hydrogen-bond donors (Lipinski definition) is 2. The van der Waals surface area contributed by atoms with Gasteiger partial charge in [-0.2, -0.15) is 0 Å². The number of piperazine rings is 1. The van der Waals surface area contributed by atoms with Crippen LogP contribution in [-0.4, -0.2) is 57.5 Å². The molecule has 3 N–H and O–H groups in total. The molecule has 2 bridgehead atoms. The number of rotatable bonds is 4. The summed E-state index contributed by atoms with van der Waals surface area (Å²) in [5.74, 6) is 1.24. The van der Waals surface area contributed by atoms with E-state index in [2.05, 4.69) is 24.8 Å². The van der Waals surface area contributed by atoms with Crippen LogP contribution < -0.4 is 10.6 Å². The summed E-state index contributed by atoms with van der Waals surface area (Å²) in [5.41, 5.74) is 6.40. The maximum absolute atomic E-state index is 12.5. The normalized spacial score (nSPS) is 23.7. The van der Waals surface area contributed by atoms with Crippen molar-refractivity contribution < 1.29 is 4.79 Å². The molecule has 7 nitrogen and oxygen atoms in total. The van der Waals surface area contributed by atoms with Gasteiger partial charge < -0.3 is 20.5 Å². The number of nitrogens with zero attached hydrogens (tertiary/aromatic N) is 4. The minimum absolute atomic E-state index is 0.261. The van der Waals surface area contributed by atoms with Crippen molar-refractivity contribution >= 4 is 22.8 Å². The second kappa shape index (κ2) is 5.81. The highest BCUT2D eigenvalue weighted by atomic mass is 16.2. The Balaban J connectivity index is 1.55. The largest absolute Gasteiger partial charge is 0.352 e. The zero-order valence-electron chi connectivity index (χ0n) is 13.1. The maximum Gasteiger partial charge on any atom is 0.223 e. The van der Waals surface area contributed by atoms with Gasteiger partial charge in [0.1, 0.15) is 17.8 Å². The van der Waals surface area contributed by atoms with Crippen LogP contribution in [0.4, 0.5) is 5.82 Å². The van der Waals surface area contributed by atoms with Crippen LogP contribution in [0, 0.1) is 0 Å². The Bertz CT molecular complexity index is 699. The average molecular weight is 314 g/mol. The molecular weight excluding hydrogens is 292 g/mol. The summed E-state index contributed by atoms with van der Waals surface area (Å²) in [6.45, 7) is 2.28. The maximum atomic E-state index is 12.5. The van der Waals surface area contributed by atoms with Gasteiger partial charge in [0.15, 0.2) is 0 Å². The zero-order valence-corrected chi connectivity index (χ0v) is 13.1. The van der Waals surface area contributed by atoms with Crippen molar-refractivity contribution in [3.63, 3.8) is 0 Å². The van der Waals surface area contributed by atoms with Crippen molar-refractivity contribution in [3.05, 3.63) is 18.6 Å². The third kappa shape index (κ3) is 2.45. The number of aromatic nitrogens is 3. The molecule has 4 rings (SSSR count). The molecular formula is C16H22N6O. The summed E-state index contributed by atoms with van der Waals surface area (Å²) in [5, 5.41) is 1.05. The van der Waals surface area contributed by atoms with E-state index >= 15 is 0 Å². The molecule has 122 valence electrons. The first-order valence-corrected chi connectivity index (χ1v) is 8.32. The van der Waals surface area contributed by atoms with Crippen molar-refractivity contribution in [1.82, 2.24) is 19.9 Å². The van der Waals surface area contributed by atoms with Crippen LogP contribution in [0.15, 0.2) is 18.6 Å². The zero-order chi connectivity index (χ0) is 15.8. The topological polar surface area (TPSA) is 91.1 Å². The number of fused-ring (bicyclic) bond motifs is 3. The van der Waals surface area contributed by atoms with E-state index in [9.17, 15) is 4.79 Å². The molecule has 2 aliphatic rings. The summed E-state index contributed by atoms with van der Waals surface area (Å²) in [6, 6.07) is 2.61. The molecule has 0 saturated carbocycles. The fraction of sp³-hybridized carbons (Fsp3) is 0.562. The molecule has 0 spiro atoms. The Morgan fingerprint density at radius 1 is 1.30 bits per heavy atom. The number of amides is 1. The molecule has 2 aliphatic heterocycles. The number of aromatic amines is 1. The predicted octanol–water partition coefficient (Wildman–Crippen LogP) is 0.876. The number of carbonyl (C=O) groups excluding carboxylic acids is 1. The first kappa shape index (κ1) is 14.4. The standard InChI is InChI=1S/C16H22N6O/c17-6-1-2-14(23)22-11-3-4-12(22)9-21(8-11)16-13-5-7-18-15(13)19-10-20-16/h5,7,10-12H,1-4,6,8-9,17H2,(H,18,19,20)/t11-,12?/m1/s1. The van der Waals surface area contributed by atoms with Gasteiger partial charge in [-0.15, -0.1) is 0 Å². The lowest BCUT2D eigenvalue weighted by Crippen LogP contribution is -2.56. The number of H-pyrrole nitrogens is 1. The summed E-state index contributed by atoms with van der Waals surface area (Å²) in [4.78, 5) is 28.8. The quantitative estimate of drug-likeness (QED) is 0.874. The monoisotopic (exact) mass is 314 g/mol. The molecule has 1 unspecified atom stereocenters. The van der Waals surface area contributed by atoms with E-state index in [1.165, 1.54) is 0 Å². The summed E-state index contributed by atoms with van der Waals surface area (Å²) < 4.78 is 0. The summed E-state index contributed by atoms with van der Waals surface area (Å²) in [6.07, 6.45) is 7.00.